The summed E-state index contributed by atoms with van der Waals surface area (Å²) < 4.78 is 5.08. The van der Waals surface area contributed by atoms with Crippen LogP contribution in [0.3, 0.4) is 0 Å². The van der Waals surface area contributed by atoms with Gasteiger partial charge in [0.1, 0.15) is 11.8 Å². The molecule has 0 aliphatic rings. The Labute approximate surface area is 145 Å². The van der Waals surface area contributed by atoms with E-state index in [4.69, 9.17) is 22.1 Å². The first-order valence-corrected chi connectivity index (χ1v) is 7.67. The fraction of sp³-hybridized carbons (Fsp3) is 0.400. The number of primary amides is 1. The number of nitrogens with one attached hydrogen (secondary N) is 3. The Bertz CT molecular complexity index is 623. The van der Waals surface area contributed by atoms with E-state index >= 15 is 0 Å². The highest BCUT2D eigenvalue weighted by Crippen LogP contribution is 2.22. The van der Waals surface area contributed by atoms with Gasteiger partial charge in [-0.05, 0) is 24.1 Å². The molecule has 0 radical (unpaired) electrons. The van der Waals surface area contributed by atoms with Crippen molar-refractivity contribution >= 4 is 29.4 Å². The van der Waals surface area contributed by atoms with Crippen LogP contribution < -0.4 is 26.6 Å². The van der Waals surface area contributed by atoms with Gasteiger partial charge in [0.05, 0.1) is 12.7 Å². The van der Waals surface area contributed by atoms with E-state index < -0.39 is 23.9 Å². The summed E-state index contributed by atoms with van der Waals surface area (Å²) in [5.41, 5.74) is 9.77. The summed E-state index contributed by atoms with van der Waals surface area (Å²) >= 11 is 5.86. The highest BCUT2D eigenvalue weighted by atomic mass is 35.5. The minimum Gasteiger partial charge on any atom is -0.496 e. The van der Waals surface area contributed by atoms with Gasteiger partial charge in [0.25, 0.3) is 11.8 Å². The molecule has 8 nitrogen and oxygen atoms in total. The van der Waals surface area contributed by atoms with Gasteiger partial charge in [-0.25, -0.2) is 4.79 Å². The lowest BCUT2D eigenvalue weighted by Crippen LogP contribution is -2.55. The zero-order valence-corrected chi connectivity index (χ0v) is 14.4. The van der Waals surface area contributed by atoms with Crippen molar-refractivity contribution in [1.82, 2.24) is 16.2 Å². The zero-order chi connectivity index (χ0) is 18.3. The second-order valence-corrected chi connectivity index (χ2v) is 5.60. The largest absolute Gasteiger partial charge is 0.496 e. The van der Waals surface area contributed by atoms with Crippen molar-refractivity contribution in [2.24, 2.45) is 11.7 Å². The van der Waals surface area contributed by atoms with E-state index in [-0.39, 0.29) is 11.5 Å². The van der Waals surface area contributed by atoms with Crippen LogP contribution in [-0.2, 0) is 4.79 Å². The Morgan fingerprint density at radius 3 is 2.50 bits per heavy atom. The summed E-state index contributed by atoms with van der Waals surface area (Å²) in [7, 11) is 1.41. The molecule has 2 atom stereocenters. The summed E-state index contributed by atoms with van der Waals surface area (Å²) in [4.78, 5) is 35.4. The number of ether oxygens (including phenoxy) is 1. The van der Waals surface area contributed by atoms with Crippen molar-refractivity contribution < 1.29 is 19.1 Å². The Hall–Kier alpha value is -2.48. The third-order valence-corrected chi connectivity index (χ3v) is 3.73. The molecule has 0 saturated carbocycles. The molecule has 0 bridgehead atoms. The maximum atomic E-state index is 12.2. The predicted octanol–water partition coefficient (Wildman–Crippen LogP) is 1.19. The molecule has 1 aromatic carbocycles. The van der Waals surface area contributed by atoms with Crippen LogP contribution in [0.4, 0.5) is 4.79 Å². The minimum atomic E-state index is -0.867. The third-order valence-electron chi connectivity index (χ3n) is 3.50. The number of halogens is 1. The number of rotatable bonds is 6. The van der Waals surface area contributed by atoms with Gasteiger partial charge >= 0.3 is 6.03 Å². The molecule has 0 heterocycles. The van der Waals surface area contributed by atoms with Gasteiger partial charge in [0, 0.05) is 5.02 Å². The van der Waals surface area contributed by atoms with Gasteiger partial charge in [0.2, 0.25) is 0 Å². The lowest BCUT2D eigenvalue weighted by atomic mass is 9.99. The van der Waals surface area contributed by atoms with Gasteiger partial charge in [-0.2, -0.15) is 0 Å². The molecule has 1 rings (SSSR count). The van der Waals surface area contributed by atoms with Crippen molar-refractivity contribution in [1.29, 1.82) is 0 Å². The second-order valence-electron chi connectivity index (χ2n) is 5.16. The zero-order valence-electron chi connectivity index (χ0n) is 13.7. The Morgan fingerprint density at radius 1 is 1.29 bits per heavy atom. The molecule has 0 aliphatic heterocycles. The smallest absolute Gasteiger partial charge is 0.312 e. The molecule has 24 heavy (non-hydrogen) atoms. The monoisotopic (exact) mass is 356 g/mol. The summed E-state index contributed by atoms with van der Waals surface area (Å²) in [6, 6.07) is 2.84. The number of hydrazine groups is 1. The number of nitrogens with two attached hydrogens (primary N) is 1. The standard InChI is InChI=1S/C15H21ClN4O4/c1-4-8(2)12(18-15(17)23)14(22)20-19-13(21)10-7-9(16)5-6-11(10)24-3/h5-8,12H,4H2,1-3H3,(H,19,21)(H,20,22)(H3,17,18,23). The molecule has 132 valence electrons. The first-order chi connectivity index (χ1) is 11.3. The van der Waals surface area contributed by atoms with Gasteiger partial charge in [-0.1, -0.05) is 31.9 Å². The van der Waals surface area contributed by atoms with Crippen molar-refractivity contribution in [3.63, 3.8) is 0 Å². The van der Waals surface area contributed by atoms with Crippen molar-refractivity contribution in [2.75, 3.05) is 7.11 Å². The summed E-state index contributed by atoms with van der Waals surface area (Å²) in [5, 5.41) is 2.70. The molecule has 5 N–H and O–H groups in total. The van der Waals surface area contributed by atoms with Gasteiger partial charge in [-0.15, -0.1) is 0 Å². The van der Waals surface area contributed by atoms with E-state index in [2.05, 4.69) is 16.2 Å². The van der Waals surface area contributed by atoms with Crippen LogP contribution in [0.1, 0.15) is 30.6 Å². The van der Waals surface area contributed by atoms with Crippen LogP contribution >= 0.6 is 11.6 Å². The molecule has 9 heteroatoms. The van der Waals surface area contributed by atoms with Crippen molar-refractivity contribution in [3.8, 4) is 5.75 Å². The molecular weight excluding hydrogens is 336 g/mol. The van der Waals surface area contributed by atoms with Crippen LogP contribution in [0.25, 0.3) is 0 Å². The highest BCUT2D eigenvalue weighted by molar-refractivity contribution is 6.31. The lowest BCUT2D eigenvalue weighted by Gasteiger charge is -2.22. The fourth-order valence-corrected chi connectivity index (χ4v) is 2.15. The number of urea groups is 1. The number of hydrogen-bond acceptors (Lipinski definition) is 4. The van der Waals surface area contributed by atoms with E-state index in [9.17, 15) is 14.4 Å². The number of hydrogen-bond donors (Lipinski definition) is 4. The van der Waals surface area contributed by atoms with Gasteiger partial charge in [-0.3, -0.25) is 20.4 Å². The van der Waals surface area contributed by atoms with Crippen LogP contribution in [0.2, 0.25) is 5.02 Å². The molecule has 0 aliphatic carbocycles. The summed E-state index contributed by atoms with van der Waals surface area (Å²) in [5.74, 6) is -1.06. The van der Waals surface area contributed by atoms with E-state index in [0.717, 1.165) is 0 Å². The van der Waals surface area contributed by atoms with Gasteiger partial charge in [0.15, 0.2) is 0 Å². The third kappa shape index (κ3) is 5.31. The van der Waals surface area contributed by atoms with Crippen molar-refractivity contribution in [2.45, 2.75) is 26.3 Å². The molecule has 0 saturated heterocycles. The number of methoxy groups -OCH3 is 1. The van der Waals surface area contributed by atoms with Crippen LogP contribution in [-0.4, -0.2) is 31.0 Å². The number of carbonyl (C=O) groups is 3. The summed E-state index contributed by atoms with van der Waals surface area (Å²) in [6.45, 7) is 3.64. The maximum absolute atomic E-state index is 12.2. The first kappa shape index (κ1) is 19.6. The Kier molecular flexibility index (Phi) is 7.31. The quantitative estimate of drug-likeness (QED) is 0.572. The van der Waals surface area contributed by atoms with Crippen molar-refractivity contribution in [3.05, 3.63) is 28.8 Å². The minimum absolute atomic E-state index is 0.160. The SMILES string of the molecule is CCC(C)C(NC(N)=O)C(=O)NNC(=O)c1cc(Cl)ccc1OC. The second kappa shape index (κ2) is 8.97. The molecule has 1 aromatic rings. The predicted molar refractivity (Wildman–Crippen MR) is 89.6 cm³/mol. The average molecular weight is 357 g/mol. The molecule has 0 aromatic heterocycles. The van der Waals surface area contributed by atoms with E-state index in [1.807, 2.05) is 6.92 Å². The van der Waals surface area contributed by atoms with Gasteiger partial charge < -0.3 is 15.8 Å². The first-order valence-electron chi connectivity index (χ1n) is 7.29. The molecule has 2 unspecified atom stereocenters. The number of carbonyl (C=O) groups excluding carboxylic acids is 3. The van der Waals surface area contributed by atoms with Crippen LogP contribution in [0.5, 0.6) is 5.75 Å². The Morgan fingerprint density at radius 2 is 1.96 bits per heavy atom. The number of benzene rings is 1. The Balaban J connectivity index is 2.79. The normalized spacial score (nSPS) is 12.7. The van der Waals surface area contributed by atoms with Crippen LogP contribution in [0.15, 0.2) is 18.2 Å². The molecule has 0 fully saturated rings. The molecule has 4 amide bonds. The summed E-state index contributed by atoms with van der Waals surface area (Å²) in [6.07, 6.45) is 0.633. The highest BCUT2D eigenvalue weighted by Gasteiger charge is 2.25. The topological polar surface area (TPSA) is 123 Å². The molecular formula is C15H21ClN4O4. The maximum Gasteiger partial charge on any atom is 0.312 e. The fourth-order valence-electron chi connectivity index (χ4n) is 1.98. The molecule has 0 spiro atoms. The lowest BCUT2D eigenvalue weighted by molar-refractivity contribution is -0.124. The van der Waals surface area contributed by atoms with Crippen LogP contribution in [0, 0.1) is 5.92 Å². The average Bonchev–Trinajstić information content (AvgIpc) is 2.56. The van der Waals surface area contributed by atoms with E-state index in [0.29, 0.717) is 17.2 Å². The number of amides is 4. The van der Waals surface area contributed by atoms with E-state index in [1.54, 1.807) is 13.0 Å². The van der Waals surface area contributed by atoms with E-state index in [1.165, 1.54) is 19.2 Å².